The Morgan fingerprint density at radius 1 is 1.42 bits per heavy atom. The van der Waals surface area contributed by atoms with Gasteiger partial charge in [-0.05, 0) is 12.8 Å². The van der Waals surface area contributed by atoms with Gasteiger partial charge < -0.3 is 5.11 Å². The number of aliphatic hydroxyl groups is 1. The highest BCUT2D eigenvalue weighted by Crippen LogP contribution is 2.13. The molecule has 0 saturated heterocycles. The summed E-state index contributed by atoms with van der Waals surface area (Å²) in [6.45, 7) is 0.299. The maximum atomic E-state index is 8.51. The Kier molecular flexibility index (Phi) is 4.79. The van der Waals surface area contributed by atoms with Crippen LogP contribution in [0.3, 0.4) is 0 Å². The molecule has 1 heterocycles. The lowest BCUT2D eigenvalue weighted by Gasteiger charge is -1.96. The van der Waals surface area contributed by atoms with E-state index in [1.165, 1.54) is 6.33 Å². The molecule has 0 fully saturated rings. The third-order valence-corrected chi connectivity index (χ3v) is 2.40. The van der Waals surface area contributed by atoms with Crippen molar-refractivity contribution < 1.29 is 5.11 Å². The van der Waals surface area contributed by atoms with E-state index in [1.54, 1.807) is 11.8 Å². The van der Waals surface area contributed by atoms with Gasteiger partial charge in [-0.25, -0.2) is 4.98 Å². The van der Waals surface area contributed by atoms with E-state index in [1.807, 2.05) is 0 Å². The fraction of sp³-hybridized carbons (Fsp3) is 0.714. The number of aliphatic hydroxyl groups excluding tert-OH is 1. The molecule has 0 atom stereocenters. The molecule has 0 unspecified atom stereocenters. The fourth-order valence-electron chi connectivity index (χ4n) is 0.823. The highest BCUT2D eigenvalue weighted by Gasteiger charge is 1.95. The first-order chi connectivity index (χ1) is 5.93. The lowest BCUT2D eigenvalue weighted by atomic mass is 10.3. The predicted molar refractivity (Wildman–Crippen MR) is 48.0 cm³/mol. The van der Waals surface area contributed by atoms with Crippen LogP contribution in [0.4, 0.5) is 0 Å². The summed E-state index contributed by atoms with van der Waals surface area (Å²) in [5, 5.41) is 15.9. The number of aromatic nitrogens is 3. The zero-order chi connectivity index (χ0) is 8.65. The third kappa shape index (κ3) is 3.73. The molecule has 0 bridgehead atoms. The molecule has 4 nitrogen and oxygen atoms in total. The number of thioether (sulfide) groups is 1. The van der Waals surface area contributed by atoms with Crippen LogP contribution in [-0.4, -0.2) is 32.6 Å². The van der Waals surface area contributed by atoms with Crippen LogP contribution in [0.2, 0.25) is 0 Å². The van der Waals surface area contributed by atoms with Crippen LogP contribution in [0.25, 0.3) is 0 Å². The Morgan fingerprint density at radius 2 is 2.33 bits per heavy atom. The van der Waals surface area contributed by atoms with E-state index < -0.39 is 0 Å². The lowest BCUT2D eigenvalue weighted by Crippen LogP contribution is -1.86. The Bertz CT molecular complexity index is 191. The summed E-state index contributed by atoms with van der Waals surface area (Å²) in [5.74, 6) is 1.04. The first-order valence-corrected chi connectivity index (χ1v) is 5.01. The van der Waals surface area contributed by atoms with Crippen molar-refractivity contribution in [2.45, 2.75) is 24.4 Å². The van der Waals surface area contributed by atoms with E-state index in [0.29, 0.717) is 6.61 Å². The molecular formula is C7H13N3OS. The minimum absolute atomic E-state index is 0.299. The maximum Gasteiger partial charge on any atom is 0.183 e. The summed E-state index contributed by atoms with van der Waals surface area (Å²) in [7, 11) is 0. The molecule has 1 aromatic heterocycles. The molecule has 68 valence electrons. The second-order valence-corrected chi connectivity index (χ2v) is 3.51. The molecule has 0 aromatic carbocycles. The number of hydrogen-bond donors (Lipinski definition) is 2. The standard InChI is InChI=1S/C7H13N3OS/c11-4-2-1-3-5-12-7-8-6-9-10-7/h6,11H,1-5H2,(H,8,9,10). The van der Waals surface area contributed by atoms with Crippen LogP contribution in [0.5, 0.6) is 0 Å². The van der Waals surface area contributed by atoms with Crippen molar-refractivity contribution in [3.05, 3.63) is 6.33 Å². The van der Waals surface area contributed by atoms with Crippen molar-refractivity contribution in [3.63, 3.8) is 0 Å². The van der Waals surface area contributed by atoms with Crippen LogP contribution < -0.4 is 0 Å². The number of nitrogens with zero attached hydrogens (tertiary/aromatic N) is 2. The molecule has 2 N–H and O–H groups in total. The summed E-state index contributed by atoms with van der Waals surface area (Å²) >= 11 is 1.67. The molecule has 12 heavy (non-hydrogen) atoms. The van der Waals surface area contributed by atoms with E-state index in [0.717, 1.165) is 30.2 Å². The topological polar surface area (TPSA) is 61.8 Å². The van der Waals surface area contributed by atoms with Gasteiger partial charge >= 0.3 is 0 Å². The zero-order valence-electron chi connectivity index (χ0n) is 6.86. The molecule has 0 radical (unpaired) electrons. The van der Waals surface area contributed by atoms with E-state index in [2.05, 4.69) is 15.2 Å². The minimum atomic E-state index is 0.299. The number of nitrogens with one attached hydrogen (secondary N) is 1. The Balaban J connectivity index is 1.96. The molecule has 0 amide bonds. The third-order valence-electron chi connectivity index (χ3n) is 1.43. The first-order valence-electron chi connectivity index (χ1n) is 4.02. The van der Waals surface area contributed by atoms with Gasteiger partial charge in [-0.2, -0.15) is 5.10 Å². The van der Waals surface area contributed by atoms with Gasteiger partial charge in [0.25, 0.3) is 0 Å². The van der Waals surface area contributed by atoms with E-state index in [9.17, 15) is 0 Å². The minimum Gasteiger partial charge on any atom is -0.396 e. The van der Waals surface area contributed by atoms with Crippen molar-refractivity contribution in [2.24, 2.45) is 0 Å². The van der Waals surface area contributed by atoms with Gasteiger partial charge in [0, 0.05) is 12.4 Å². The number of unbranched alkanes of at least 4 members (excludes halogenated alkanes) is 2. The first kappa shape index (κ1) is 9.54. The van der Waals surface area contributed by atoms with Crippen LogP contribution in [0.15, 0.2) is 11.5 Å². The second kappa shape index (κ2) is 6.02. The van der Waals surface area contributed by atoms with E-state index in [4.69, 9.17) is 5.11 Å². The molecule has 1 aromatic rings. The molecular weight excluding hydrogens is 174 g/mol. The Morgan fingerprint density at radius 3 is 3.00 bits per heavy atom. The quantitative estimate of drug-likeness (QED) is 0.516. The molecule has 0 aliphatic rings. The predicted octanol–water partition coefficient (Wildman–Crippen LogP) is 1.06. The summed E-state index contributed by atoms with van der Waals surface area (Å²) in [6, 6.07) is 0. The summed E-state index contributed by atoms with van der Waals surface area (Å²) in [5.41, 5.74) is 0. The van der Waals surface area contributed by atoms with Crippen molar-refractivity contribution >= 4 is 11.8 Å². The lowest BCUT2D eigenvalue weighted by molar-refractivity contribution is 0.284. The van der Waals surface area contributed by atoms with Crippen LogP contribution in [-0.2, 0) is 0 Å². The second-order valence-electron chi connectivity index (χ2n) is 2.42. The van der Waals surface area contributed by atoms with Gasteiger partial charge in [-0.3, -0.25) is 5.10 Å². The fourth-order valence-corrected chi connectivity index (χ4v) is 1.60. The molecule has 0 saturated carbocycles. The molecule has 1 rings (SSSR count). The maximum absolute atomic E-state index is 8.51. The van der Waals surface area contributed by atoms with Crippen LogP contribution in [0, 0.1) is 0 Å². The van der Waals surface area contributed by atoms with Crippen molar-refractivity contribution in [1.29, 1.82) is 0 Å². The highest BCUT2D eigenvalue weighted by atomic mass is 32.2. The van der Waals surface area contributed by atoms with Crippen molar-refractivity contribution in [1.82, 2.24) is 15.2 Å². The average Bonchev–Trinajstić information content (AvgIpc) is 2.57. The summed E-state index contributed by atoms with van der Waals surface area (Å²) < 4.78 is 0. The highest BCUT2D eigenvalue weighted by molar-refractivity contribution is 7.99. The average molecular weight is 187 g/mol. The van der Waals surface area contributed by atoms with Gasteiger partial charge in [0.05, 0.1) is 0 Å². The van der Waals surface area contributed by atoms with Gasteiger partial charge in [0.2, 0.25) is 0 Å². The largest absolute Gasteiger partial charge is 0.396 e. The zero-order valence-corrected chi connectivity index (χ0v) is 7.68. The number of hydrogen-bond acceptors (Lipinski definition) is 4. The normalized spacial score (nSPS) is 10.4. The van der Waals surface area contributed by atoms with Crippen molar-refractivity contribution in [2.75, 3.05) is 12.4 Å². The Labute approximate surface area is 75.8 Å². The van der Waals surface area contributed by atoms with Gasteiger partial charge in [0.15, 0.2) is 5.16 Å². The molecule has 0 aliphatic carbocycles. The summed E-state index contributed by atoms with van der Waals surface area (Å²) in [4.78, 5) is 3.98. The molecule has 5 heteroatoms. The van der Waals surface area contributed by atoms with Crippen molar-refractivity contribution in [3.8, 4) is 0 Å². The number of rotatable bonds is 6. The summed E-state index contributed by atoms with van der Waals surface area (Å²) in [6.07, 6.45) is 4.61. The molecule has 0 aliphatic heterocycles. The van der Waals surface area contributed by atoms with Crippen LogP contribution >= 0.6 is 11.8 Å². The SMILES string of the molecule is OCCCCCSc1ncn[nH]1. The monoisotopic (exact) mass is 187 g/mol. The van der Waals surface area contributed by atoms with Gasteiger partial charge in [0.1, 0.15) is 6.33 Å². The van der Waals surface area contributed by atoms with Gasteiger partial charge in [-0.15, -0.1) is 0 Å². The number of H-pyrrole nitrogens is 1. The van der Waals surface area contributed by atoms with Gasteiger partial charge in [-0.1, -0.05) is 18.2 Å². The smallest absolute Gasteiger partial charge is 0.183 e. The Hall–Kier alpha value is -0.550. The van der Waals surface area contributed by atoms with E-state index in [-0.39, 0.29) is 0 Å². The van der Waals surface area contributed by atoms with Crippen LogP contribution in [0.1, 0.15) is 19.3 Å². The molecule has 0 spiro atoms. The van der Waals surface area contributed by atoms with E-state index >= 15 is 0 Å². The number of aromatic amines is 1.